The lowest BCUT2D eigenvalue weighted by Gasteiger charge is -2.30. The van der Waals surface area contributed by atoms with Gasteiger partial charge in [-0.25, -0.2) is 12.7 Å². The predicted molar refractivity (Wildman–Crippen MR) is 80.4 cm³/mol. The minimum atomic E-state index is -3.44. The number of ether oxygens (including phenoxy) is 1. The Morgan fingerprint density at radius 3 is 2.67 bits per heavy atom. The van der Waals surface area contributed by atoms with E-state index in [9.17, 15) is 13.2 Å². The number of piperidine rings is 1. The second-order valence-electron chi connectivity index (χ2n) is 5.10. The minimum absolute atomic E-state index is 0.0853. The van der Waals surface area contributed by atoms with Gasteiger partial charge in [0.1, 0.15) is 0 Å². The summed E-state index contributed by atoms with van der Waals surface area (Å²) in [6.45, 7) is 0.645. The summed E-state index contributed by atoms with van der Waals surface area (Å²) in [6.07, 6.45) is 1.33. The molecule has 0 saturated carbocycles. The Kier molecular flexibility index (Phi) is 5.24. The van der Waals surface area contributed by atoms with E-state index in [1.54, 1.807) is 24.3 Å². The predicted octanol–water partition coefficient (Wildman–Crippen LogP) is 2.05. The van der Waals surface area contributed by atoms with Gasteiger partial charge in [0.05, 0.1) is 18.8 Å². The first-order chi connectivity index (χ1) is 9.92. The molecular formula is C14H18ClNO4S. The van der Waals surface area contributed by atoms with Gasteiger partial charge in [-0.3, -0.25) is 4.79 Å². The van der Waals surface area contributed by atoms with Crippen molar-refractivity contribution in [2.24, 2.45) is 5.92 Å². The Labute approximate surface area is 129 Å². The Balaban J connectivity index is 2.08. The third-order valence-corrected chi connectivity index (χ3v) is 5.64. The molecule has 21 heavy (non-hydrogen) atoms. The van der Waals surface area contributed by atoms with E-state index in [1.165, 1.54) is 11.4 Å². The average Bonchev–Trinajstić information content (AvgIpc) is 2.49. The van der Waals surface area contributed by atoms with Crippen LogP contribution in [-0.4, -0.2) is 38.9 Å². The third-order valence-electron chi connectivity index (χ3n) is 3.57. The summed E-state index contributed by atoms with van der Waals surface area (Å²) >= 11 is 5.79. The maximum Gasteiger partial charge on any atom is 0.309 e. The summed E-state index contributed by atoms with van der Waals surface area (Å²) in [5, 5.41) is 0.569. The molecule has 116 valence electrons. The van der Waals surface area contributed by atoms with Crippen molar-refractivity contribution >= 4 is 27.6 Å². The summed E-state index contributed by atoms with van der Waals surface area (Å²) in [5.74, 6) is -0.803. The fourth-order valence-corrected chi connectivity index (χ4v) is 4.17. The van der Waals surface area contributed by atoms with Crippen LogP contribution >= 0.6 is 11.6 Å². The fourth-order valence-electron chi connectivity index (χ4n) is 2.44. The topological polar surface area (TPSA) is 63.7 Å². The van der Waals surface area contributed by atoms with E-state index < -0.39 is 10.0 Å². The number of esters is 1. The molecule has 1 saturated heterocycles. The number of benzene rings is 1. The highest BCUT2D eigenvalue weighted by Crippen LogP contribution is 2.22. The fraction of sp³-hybridized carbons (Fsp3) is 0.500. The summed E-state index contributed by atoms with van der Waals surface area (Å²) in [7, 11) is -2.12. The van der Waals surface area contributed by atoms with Gasteiger partial charge < -0.3 is 4.74 Å². The molecule has 1 aliphatic heterocycles. The van der Waals surface area contributed by atoms with Gasteiger partial charge in [0.2, 0.25) is 10.0 Å². The number of carbonyl (C=O) groups is 1. The van der Waals surface area contributed by atoms with Crippen molar-refractivity contribution in [1.29, 1.82) is 0 Å². The molecule has 7 heteroatoms. The van der Waals surface area contributed by atoms with Crippen LogP contribution in [0.1, 0.15) is 18.4 Å². The van der Waals surface area contributed by atoms with Crippen LogP contribution in [-0.2, 0) is 25.3 Å². The maximum absolute atomic E-state index is 12.4. The van der Waals surface area contributed by atoms with E-state index in [4.69, 9.17) is 16.3 Å². The molecule has 1 aromatic rings. The van der Waals surface area contributed by atoms with Crippen molar-refractivity contribution in [1.82, 2.24) is 4.31 Å². The van der Waals surface area contributed by atoms with E-state index in [1.807, 2.05) is 0 Å². The summed E-state index contributed by atoms with van der Waals surface area (Å²) in [5.41, 5.74) is 0.680. The number of nitrogens with zero attached hydrogens (tertiary/aromatic N) is 1. The number of sulfonamides is 1. The van der Waals surface area contributed by atoms with E-state index in [0.29, 0.717) is 30.0 Å². The molecule has 5 nitrogen and oxygen atoms in total. The van der Waals surface area contributed by atoms with Gasteiger partial charge in [0.25, 0.3) is 0 Å². The van der Waals surface area contributed by atoms with Gasteiger partial charge in [0.15, 0.2) is 0 Å². The van der Waals surface area contributed by atoms with Crippen LogP contribution in [0.4, 0.5) is 0 Å². The van der Waals surface area contributed by atoms with Crippen LogP contribution in [0.3, 0.4) is 0 Å². The van der Waals surface area contributed by atoms with E-state index in [-0.39, 0.29) is 24.2 Å². The lowest BCUT2D eigenvalue weighted by molar-refractivity contribution is -0.146. The first kappa shape index (κ1) is 16.3. The van der Waals surface area contributed by atoms with Crippen LogP contribution in [0, 0.1) is 5.92 Å². The highest BCUT2D eigenvalue weighted by Gasteiger charge is 2.32. The molecule has 2 rings (SSSR count). The zero-order valence-electron chi connectivity index (χ0n) is 11.8. The molecule has 1 heterocycles. The molecule has 0 bridgehead atoms. The van der Waals surface area contributed by atoms with Crippen molar-refractivity contribution in [3.63, 3.8) is 0 Å². The van der Waals surface area contributed by atoms with Gasteiger partial charge >= 0.3 is 5.97 Å². The zero-order valence-corrected chi connectivity index (χ0v) is 13.4. The van der Waals surface area contributed by atoms with Crippen LogP contribution in [0.5, 0.6) is 0 Å². The molecule has 1 fully saturated rings. The Hall–Kier alpha value is -1.11. The highest BCUT2D eigenvalue weighted by atomic mass is 35.5. The SMILES string of the molecule is COC(=O)C1CCCN(S(=O)(=O)Cc2ccc(Cl)cc2)C1. The standard InChI is InChI=1S/C14H18ClNO4S/c1-20-14(17)12-3-2-8-16(9-12)21(18,19)10-11-4-6-13(15)7-5-11/h4-7,12H,2-3,8-10H2,1H3. The number of rotatable bonds is 4. The van der Waals surface area contributed by atoms with Crippen LogP contribution in [0.2, 0.25) is 5.02 Å². The summed E-state index contributed by atoms with van der Waals surface area (Å²) in [4.78, 5) is 11.6. The zero-order chi connectivity index (χ0) is 15.5. The lowest BCUT2D eigenvalue weighted by atomic mass is 10.0. The molecule has 0 aromatic heterocycles. The van der Waals surface area contributed by atoms with Gasteiger partial charge in [-0.2, -0.15) is 0 Å². The normalized spacial score (nSPS) is 20.2. The number of halogens is 1. The van der Waals surface area contributed by atoms with Crippen LogP contribution < -0.4 is 0 Å². The molecule has 0 radical (unpaired) electrons. The lowest BCUT2D eigenvalue weighted by Crippen LogP contribution is -2.43. The van der Waals surface area contributed by atoms with Crippen LogP contribution in [0.25, 0.3) is 0 Å². The second kappa shape index (κ2) is 6.77. The van der Waals surface area contributed by atoms with Crippen molar-refractivity contribution in [3.8, 4) is 0 Å². The summed E-state index contributed by atoms with van der Waals surface area (Å²) < 4.78 is 31.0. The molecule has 0 aliphatic carbocycles. The number of methoxy groups -OCH3 is 1. The second-order valence-corrected chi connectivity index (χ2v) is 7.51. The van der Waals surface area contributed by atoms with E-state index in [0.717, 1.165) is 0 Å². The van der Waals surface area contributed by atoms with E-state index in [2.05, 4.69) is 0 Å². The van der Waals surface area contributed by atoms with Crippen molar-refractivity contribution in [2.75, 3.05) is 20.2 Å². The van der Waals surface area contributed by atoms with Crippen LogP contribution in [0.15, 0.2) is 24.3 Å². The van der Waals surface area contributed by atoms with Gasteiger partial charge in [0, 0.05) is 18.1 Å². The highest BCUT2D eigenvalue weighted by molar-refractivity contribution is 7.88. The smallest absolute Gasteiger partial charge is 0.309 e. The average molecular weight is 332 g/mol. The molecular weight excluding hydrogens is 314 g/mol. The summed E-state index contributed by atoms with van der Waals surface area (Å²) in [6, 6.07) is 6.73. The molecule has 0 spiro atoms. The number of hydrogen-bond acceptors (Lipinski definition) is 4. The first-order valence-corrected chi connectivity index (χ1v) is 8.71. The monoisotopic (exact) mass is 331 g/mol. The Morgan fingerprint density at radius 1 is 1.38 bits per heavy atom. The van der Waals surface area contributed by atoms with Crippen molar-refractivity contribution < 1.29 is 17.9 Å². The largest absolute Gasteiger partial charge is 0.469 e. The molecule has 0 N–H and O–H groups in total. The maximum atomic E-state index is 12.4. The number of hydrogen-bond donors (Lipinski definition) is 0. The minimum Gasteiger partial charge on any atom is -0.469 e. The number of carbonyl (C=O) groups excluding carboxylic acids is 1. The quantitative estimate of drug-likeness (QED) is 0.792. The molecule has 0 amide bonds. The van der Waals surface area contributed by atoms with Gasteiger partial charge in [-0.15, -0.1) is 0 Å². The van der Waals surface area contributed by atoms with Crippen molar-refractivity contribution in [2.45, 2.75) is 18.6 Å². The Bertz CT molecular complexity index is 600. The third kappa shape index (κ3) is 4.18. The molecule has 1 aliphatic rings. The molecule has 1 unspecified atom stereocenters. The molecule has 1 atom stereocenters. The Morgan fingerprint density at radius 2 is 2.05 bits per heavy atom. The van der Waals surface area contributed by atoms with Gasteiger partial charge in [-0.1, -0.05) is 23.7 Å². The van der Waals surface area contributed by atoms with Crippen molar-refractivity contribution in [3.05, 3.63) is 34.9 Å². The van der Waals surface area contributed by atoms with Gasteiger partial charge in [-0.05, 0) is 30.5 Å². The van der Waals surface area contributed by atoms with E-state index >= 15 is 0 Å². The first-order valence-electron chi connectivity index (χ1n) is 6.72. The molecule has 1 aromatic carbocycles.